The first-order valence-corrected chi connectivity index (χ1v) is 6.93. The summed E-state index contributed by atoms with van der Waals surface area (Å²) < 4.78 is 26.6. The van der Waals surface area contributed by atoms with Crippen LogP contribution in [0.25, 0.3) is 0 Å². The molecule has 106 valence electrons. The molecule has 0 bridgehead atoms. The van der Waals surface area contributed by atoms with Crippen LogP contribution in [0, 0.1) is 17.6 Å². The van der Waals surface area contributed by atoms with E-state index in [-0.39, 0.29) is 0 Å². The van der Waals surface area contributed by atoms with Crippen LogP contribution in [0.5, 0.6) is 0 Å². The lowest BCUT2D eigenvalue weighted by Crippen LogP contribution is -2.38. The number of hydrogen-bond acceptors (Lipinski definition) is 2. The number of hydrogen-bond donors (Lipinski definition) is 1. The van der Waals surface area contributed by atoms with Gasteiger partial charge >= 0.3 is 0 Å². The molecule has 0 saturated carbocycles. The third-order valence-corrected chi connectivity index (χ3v) is 3.98. The minimum Gasteiger partial charge on any atom is -0.323 e. The van der Waals surface area contributed by atoms with E-state index in [1.165, 1.54) is 25.0 Å². The van der Waals surface area contributed by atoms with Gasteiger partial charge in [0.25, 0.3) is 0 Å². The summed E-state index contributed by atoms with van der Waals surface area (Å²) in [7, 11) is 0. The van der Waals surface area contributed by atoms with E-state index in [1.807, 2.05) is 0 Å². The van der Waals surface area contributed by atoms with Gasteiger partial charge in [0.05, 0.1) is 0 Å². The van der Waals surface area contributed by atoms with E-state index in [9.17, 15) is 8.78 Å². The Kier molecular flexibility index (Phi) is 4.53. The molecule has 1 aliphatic heterocycles. The van der Waals surface area contributed by atoms with Gasteiger partial charge in [0, 0.05) is 30.3 Å². The summed E-state index contributed by atoms with van der Waals surface area (Å²) in [4.78, 5) is 2.33. The van der Waals surface area contributed by atoms with E-state index in [0.29, 0.717) is 24.1 Å². The second-order valence-electron chi connectivity index (χ2n) is 5.72. The molecule has 1 fully saturated rings. The zero-order valence-corrected chi connectivity index (χ0v) is 11.6. The van der Waals surface area contributed by atoms with Crippen molar-refractivity contribution in [3.63, 3.8) is 0 Å². The predicted octanol–water partition coefficient (Wildman–Crippen LogP) is 3.09. The zero-order valence-electron chi connectivity index (χ0n) is 11.6. The molecule has 19 heavy (non-hydrogen) atoms. The van der Waals surface area contributed by atoms with Crippen molar-refractivity contribution in [2.45, 2.75) is 38.8 Å². The SMILES string of the molecule is CC(C)C1CCCN1CC(N)c1ccc(F)cc1F. The molecule has 2 nitrogen and oxygen atoms in total. The Bertz CT molecular complexity index is 434. The molecule has 2 unspecified atom stereocenters. The van der Waals surface area contributed by atoms with Gasteiger partial charge in [0.2, 0.25) is 0 Å². The number of benzene rings is 1. The van der Waals surface area contributed by atoms with Gasteiger partial charge in [-0.1, -0.05) is 19.9 Å². The van der Waals surface area contributed by atoms with Gasteiger partial charge < -0.3 is 5.73 Å². The Labute approximate surface area is 113 Å². The fourth-order valence-corrected chi connectivity index (χ4v) is 2.99. The minimum absolute atomic E-state index is 0.399. The molecule has 0 aromatic heterocycles. The third-order valence-electron chi connectivity index (χ3n) is 3.98. The van der Waals surface area contributed by atoms with Gasteiger partial charge in [-0.2, -0.15) is 0 Å². The minimum atomic E-state index is -0.560. The standard InChI is InChI=1S/C15H22F2N2/c1-10(2)15-4-3-7-19(15)9-14(18)12-6-5-11(16)8-13(12)17/h5-6,8,10,14-15H,3-4,7,9,18H2,1-2H3. The van der Waals surface area contributed by atoms with Crippen LogP contribution in [0.3, 0.4) is 0 Å². The highest BCUT2D eigenvalue weighted by atomic mass is 19.1. The Balaban J connectivity index is 2.06. The van der Waals surface area contributed by atoms with Crippen LogP contribution in [0.4, 0.5) is 8.78 Å². The summed E-state index contributed by atoms with van der Waals surface area (Å²) in [6.45, 7) is 6.05. The van der Waals surface area contributed by atoms with Crippen molar-refractivity contribution in [2.24, 2.45) is 11.7 Å². The van der Waals surface area contributed by atoms with E-state index in [0.717, 1.165) is 12.6 Å². The van der Waals surface area contributed by atoms with E-state index in [4.69, 9.17) is 5.73 Å². The highest BCUT2D eigenvalue weighted by Crippen LogP contribution is 2.26. The van der Waals surface area contributed by atoms with Crippen molar-refractivity contribution >= 4 is 0 Å². The predicted molar refractivity (Wildman–Crippen MR) is 72.7 cm³/mol. The number of rotatable bonds is 4. The van der Waals surface area contributed by atoms with E-state index < -0.39 is 17.7 Å². The van der Waals surface area contributed by atoms with Crippen molar-refractivity contribution < 1.29 is 8.78 Å². The van der Waals surface area contributed by atoms with Crippen LogP contribution in [0.1, 0.15) is 38.3 Å². The largest absolute Gasteiger partial charge is 0.323 e. The van der Waals surface area contributed by atoms with Crippen molar-refractivity contribution in [3.8, 4) is 0 Å². The topological polar surface area (TPSA) is 29.3 Å². The normalized spacial score (nSPS) is 22.1. The van der Waals surface area contributed by atoms with Gasteiger partial charge in [-0.05, 0) is 31.4 Å². The average Bonchev–Trinajstić information content (AvgIpc) is 2.76. The van der Waals surface area contributed by atoms with Crippen LogP contribution in [-0.2, 0) is 0 Å². The lowest BCUT2D eigenvalue weighted by molar-refractivity contribution is 0.195. The molecule has 2 atom stereocenters. The summed E-state index contributed by atoms with van der Waals surface area (Å²) in [6, 6.07) is 3.74. The lowest BCUT2D eigenvalue weighted by atomic mass is 10.0. The highest BCUT2D eigenvalue weighted by Gasteiger charge is 2.28. The summed E-state index contributed by atoms with van der Waals surface area (Å²) in [5.41, 5.74) is 6.48. The summed E-state index contributed by atoms with van der Waals surface area (Å²) in [5, 5.41) is 0. The monoisotopic (exact) mass is 268 g/mol. The average molecular weight is 268 g/mol. The van der Waals surface area contributed by atoms with Gasteiger partial charge in [-0.15, -0.1) is 0 Å². The van der Waals surface area contributed by atoms with Crippen molar-refractivity contribution in [1.29, 1.82) is 0 Å². The molecule has 0 amide bonds. The number of nitrogens with two attached hydrogens (primary N) is 1. The number of nitrogens with zero attached hydrogens (tertiary/aromatic N) is 1. The zero-order chi connectivity index (χ0) is 14.0. The number of halogens is 2. The van der Waals surface area contributed by atoms with E-state index in [2.05, 4.69) is 18.7 Å². The van der Waals surface area contributed by atoms with Crippen molar-refractivity contribution in [1.82, 2.24) is 4.90 Å². The maximum atomic E-state index is 13.7. The molecular formula is C15H22F2N2. The van der Waals surface area contributed by atoms with Crippen LogP contribution >= 0.6 is 0 Å². The quantitative estimate of drug-likeness (QED) is 0.909. The molecule has 1 aromatic rings. The van der Waals surface area contributed by atoms with Crippen LogP contribution in [0.2, 0.25) is 0 Å². The molecule has 2 N–H and O–H groups in total. The molecule has 0 aliphatic carbocycles. The molecule has 0 spiro atoms. The summed E-state index contributed by atoms with van der Waals surface area (Å²) in [5.74, 6) is -0.532. The molecule has 2 rings (SSSR count). The van der Waals surface area contributed by atoms with Crippen molar-refractivity contribution in [3.05, 3.63) is 35.4 Å². The van der Waals surface area contributed by atoms with Gasteiger partial charge in [0.1, 0.15) is 11.6 Å². The molecule has 1 aliphatic rings. The maximum absolute atomic E-state index is 13.7. The second kappa shape index (κ2) is 5.97. The molecule has 1 aromatic carbocycles. The third kappa shape index (κ3) is 3.31. The number of likely N-dealkylation sites (tertiary alicyclic amines) is 1. The Morgan fingerprint density at radius 3 is 2.74 bits per heavy atom. The first kappa shape index (κ1) is 14.4. The van der Waals surface area contributed by atoms with Crippen LogP contribution in [0.15, 0.2) is 18.2 Å². The highest BCUT2D eigenvalue weighted by molar-refractivity contribution is 5.22. The molecule has 1 heterocycles. The fourth-order valence-electron chi connectivity index (χ4n) is 2.99. The van der Waals surface area contributed by atoms with Gasteiger partial charge in [-0.3, -0.25) is 4.90 Å². The molecule has 4 heteroatoms. The molecule has 1 saturated heterocycles. The Hall–Kier alpha value is -1.00. The van der Waals surface area contributed by atoms with Crippen LogP contribution < -0.4 is 5.73 Å². The smallest absolute Gasteiger partial charge is 0.130 e. The summed E-state index contributed by atoms with van der Waals surface area (Å²) >= 11 is 0. The summed E-state index contributed by atoms with van der Waals surface area (Å²) in [6.07, 6.45) is 2.34. The first-order valence-electron chi connectivity index (χ1n) is 6.93. The van der Waals surface area contributed by atoms with Gasteiger partial charge in [-0.25, -0.2) is 8.78 Å². The lowest BCUT2D eigenvalue weighted by Gasteiger charge is -2.30. The maximum Gasteiger partial charge on any atom is 0.130 e. The van der Waals surface area contributed by atoms with Crippen LogP contribution in [-0.4, -0.2) is 24.0 Å². The fraction of sp³-hybridized carbons (Fsp3) is 0.600. The Morgan fingerprint density at radius 1 is 1.37 bits per heavy atom. The van der Waals surface area contributed by atoms with E-state index in [1.54, 1.807) is 0 Å². The molecular weight excluding hydrogens is 246 g/mol. The van der Waals surface area contributed by atoms with E-state index >= 15 is 0 Å². The second-order valence-corrected chi connectivity index (χ2v) is 5.72. The molecule has 0 radical (unpaired) electrons. The van der Waals surface area contributed by atoms with Gasteiger partial charge in [0.15, 0.2) is 0 Å². The first-order chi connectivity index (χ1) is 8.99. The van der Waals surface area contributed by atoms with Crippen molar-refractivity contribution in [2.75, 3.05) is 13.1 Å². The Morgan fingerprint density at radius 2 is 2.11 bits per heavy atom.